The Hall–Kier alpha value is -4.92. The first kappa shape index (κ1) is 42.4. The van der Waals surface area contributed by atoms with E-state index in [1.54, 1.807) is 30.2 Å². The molecule has 2 atom stereocenters. The summed E-state index contributed by atoms with van der Waals surface area (Å²) in [6, 6.07) is 12.7. The maximum atomic E-state index is 16.1. The van der Waals surface area contributed by atoms with Crippen molar-refractivity contribution < 1.29 is 33.4 Å². The van der Waals surface area contributed by atoms with E-state index in [9.17, 15) is 24.3 Å². The first-order valence-electron chi connectivity index (χ1n) is 22.2. The highest BCUT2D eigenvalue weighted by molar-refractivity contribution is 6.31. The van der Waals surface area contributed by atoms with Crippen LogP contribution in [0.3, 0.4) is 0 Å². The monoisotopic (exact) mass is 869 g/mol. The van der Waals surface area contributed by atoms with E-state index in [1.807, 2.05) is 26.0 Å². The van der Waals surface area contributed by atoms with Crippen molar-refractivity contribution in [3.63, 3.8) is 0 Å². The second-order valence-corrected chi connectivity index (χ2v) is 19.1. The van der Waals surface area contributed by atoms with E-state index >= 15 is 4.39 Å². The molecule has 0 aromatic heterocycles. The normalized spacial score (nSPS) is 24.1. The van der Waals surface area contributed by atoms with Crippen LogP contribution in [-0.4, -0.2) is 122 Å². The summed E-state index contributed by atoms with van der Waals surface area (Å²) in [5, 5.41) is 13.4. The van der Waals surface area contributed by atoms with Gasteiger partial charge in [0.1, 0.15) is 23.4 Å². The average Bonchev–Trinajstić information content (AvgIpc) is 3.59. The van der Waals surface area contributed by atoms with Crippen LogP contribution in [0.1, 0.15) is 79.9 Å². The third-order valence-corrected chi connectivity index (χ3v) is 14.7. The molecule has 330 valence electrons. The Bertz CT molecular complexity index is 2250. The van der Waals surface area contributed by atoms with Crippen molar-refractivity contribution in [2.75, 3.05) is 87.3 Å². The third kappa shape index (κ3) is 7.98. The first-order chi connectivity index (χ1) is 29.8. The molecule has 6 heterocycles. The van der Waals surface area contributed by atoms with Crippen molar-refractivity contribution in [1.82, 2.24) is 20.0 Å². The van der Waals surface area contributed by atoms with Crippen LogP contribution < -0.4 is 24.8 Å². The number of imide groups is 1. The predicted molar refractivity (Wildman–Crippen MR) is 235 cm³/mol. The van der Waals surface area contributed by atoms with E-state index in [0.717, 1.165) is 102 Å². The molecule has 3 aromatic carbocycles. The van der Waals surface area contributed by atoms with E-state index in [4.69, 9.17) is 16.3 Å². The number of piperidine rings is 3. The van der Waals surface area contributed by atoms with Crippen molar-refractivity contribution in [1.29, 1.82) is 0 Å². The molecule has 9 rings (SSSR count). The number of phenols is 1. The molecule has 6 aliphatic heterocycles. The van der Waals surface area contributed by atoms with Crippen LogP contribution in [0.15, 0.2) is 48.5 Å². The molecular formula is C47H57ClFN7O6. The standard InChI is InChI=1S/C47H57ClFN7O6/c1-47(2)43(56(46(47)61)39-23-32(48)4-8-40(39)57)35-24-36(49)38(25-41(35)62-3)54-16-12-30(13-17-54)27-52-20-18-51(19-21-52)26-29-10-14-53(15-11-29)33-5-6-34-31(22-33)28-55(45(34)60)37-7-9-42(58)50-44(37)59/h4-6,8,22-25,29-30,37,43,57H,7,9-21,26-28H2,1-3H3,(H,50,58,59)/t37-,43-/m0/s1. The van der Waals surface area contributed by atoms with E-state index in [-0.39, 0.29) is 47.3 Å². The summed E-state index contributed by atoms with van der Waals surface area (Å²) < 4.78 is 21.9. The van der Waals surface area contributed by atoms with E-state index in [2.05, 4.69) is 31.0 Å². The molecule has 6 aliphatic rings. The number of carbonyl (C=O) groups is 4. The zero-order valence-electron chi connectivity index (χ0n) is 35.9. The van der Waals surface area contributed by atoms with Gasteiger partial charge >= 0.3 is 0 Å². The topological polar surface area (TPSA) is 129 Å². The minimum atomic E-state index is -0.846. The summed E-state index contributed by atoms with van der Waals surface area (Å²) >= 11 is 6.24. The van der Waals surface area contributed by atoms with Gasteiger partial charge in [0.2, 0.25) is 17.7 Å². The minimum Gasteiger partial charge on any atom is -0.506 e. The minimum absolute atomic E-state index is 0.0733. The SMILES string of the molecule is COc1cc(N2CCC(CN3CCN(CC4CCN(c5ccc6c(c5)CN([C@H]5CCC(=O)NC5=O)C6=O)CC4)CC3)CC2)c(F)cc1[C@@H]1N(c2cc(Cl)ccc2O)C(=O)C1(C)C. The molecule has 0 bridgehead atoms. The molecule has 0 aliphatic carbocycles. The van der Waals surface area contributed by atoms with Crippen molar-refractivity contribution >= 4 is 52.3 Å². The Kier molecular flexibility index (Phi) is 11.6. The molecule has 0 saturated carbocycles. The number of nitrogens with one attached hydrogen (secondary N) is 1. The van der Waals surface area contributed by atoms with E-state index in [0.29, 0.717) is 52.4 Å². The van der Waals surface area contributed by atoms with Gasteiger partial charge < -0.3 is 34.3 Å². The second kappa shape index (κ2) is 17.0. The van der Waals surface area contributed by atoms with Gasteiger partial charge in [-0.2, -0.15) is 0 Å². The highest BCUT2D eigenvalue weighted by Gasteiger charge is 2.57. The number of hydrogen-bond acceptors (Lipinski definition) is 10. The molecule has 3 aromatic rings. The van der Waals surface area contributed by atoms with Gasteiger partial charge in [0.05, 0.1) is 29.9 Å². The fourth-order valence-corrected chi connectivity index (χ4v) is 11.0. The van der Waals surface area contributed by atoms with Crippen molar-refractivity contribution in [3.8, 4) is 11.5 Å². The number of β-lactam (4-membered cyclic amide) rings is 1. The van der Waals surface area contributed by atoms with Crippen LogP contribution in [0, 0.1) is 23.1 Å². The van der Waals surface area contributed by atoms with Crippen LogP contribution in [0.2, 0.25) is 5.02 Å². The number of amides is 4. The molecule has 62 heavy (non-hydrogen) atoms. The number of piperazine rings is 1. The van der Waals surface area contributed by atoms with Crippen LogP contribution in [0.25, 0.3) is 0 Å². The zero-order valence-corrected chi connectivity index (χ0v) is 36.6. The molecule has 4 amide bonds. The van der Waals surface area contributed by atoms with Gasteiger partial charge in [-0.15, -0.1) is 0 Å². The number of benzene rings is 3. The Morgan fingerprint density at radius 3 is 2.08 bits per heavy atom. The van der Waals surface area contributed by atoms with Gasteiger partial charge in [-0.25, -0.2) is 4.39 Å². The molecular weight excluding hydrogens is 813 g/mol. The summed E-state index contributed by atoms with van der Waals surface area (Å²) in [4.78, 5) is 63.5. The lowest BCUT2D eigenvalue weighted by Gasteiger charge is -2.53. The van der Waals surface area contributed by atoms with Crippen molar-refractivity contribution in [3.05, 3.63) is 76.1 Å². The largest absolute Gasteiger partial charge is 0.506 e. The van der Waals surface area contributed by atoms with Gasteiger partial charge in [-0.3, -0.25) is 29.4 Å². The van der Waals surface area contributed by atoms with Gasteiger partial charge in [-0.05, 0) is 106 Å². The molecule has 13 nitrogen and oxygen atoms in total. The molecule has 15 heteroatoms. The van der Waals surface area contributed by atoms with Crippen LogP contribution >= 0.6 is 11.6 Å². The number of aromatic hydroxyl groups is 1. The maximum absolute atomic E-state index is 16.1. The lowest BCUT2D eigenvalue weighted by atomic mass is 9.70. The predicted octanol–water partition coefficient (Wildman–Crippen LogP) is 5.82. The number of rotatable bonds is 10. The quantitative estimate of drug-likeness (QED) is 0.190. The molecule has 5 fully saturated rings. The van der Waals surface area contributed by atoms with Gasteiger partial charge in [0, 0.05) is 106 Å². The number of halogens is 2. The first-order valence-corrected chi connectivity index (χ1v) is 22.6. The fourth-order valence-electron chi connectivity index (χ4n) is 10.8. The van der Waals surface area contributed by atoms with E-state index < -0.39 is 17.5 Å². The van der Waals surface area contributed by atoms with E-state index in [1.165, 1.54) is 17.0 Å². The van der Waals surface area contributed by atoms with Gasteiger partial charge in [-0.1, -0.05) is 11.6 Å². The Morgan fingerprint density at radius 2 is 1.45 bits per heavy atom. The van der Waals surface area contributed by atoms with Crippen LogP contribution in [-0.2, 0) is 20.9 Å². The Labute approximate surface area is 367 Å². The van der Waals surface area contributed by atoms with Gasteiger partial charge in [0.25, 0.3) is 5.91 Å². The molecule has 5 saturated heterocycles. The van der Waals surface area contributed by atoms with Crippen LogP contribution in [0.4, 0.5) is 21.5 Å². The van der Waals surface area contributed by atoms with Crippen molar-refractivity contribution in [2.45, 2.75) is 71.0 Å². The number of anilines is 3. The van der Waals surface area contributed by atoms with Gasteiger partial charge in [0.15, 0.2) is 0 Å². The maximum Gasteiger partial charge on any atom is 0.255 e. The summed E-state index contributed by atoms with van der Waals surface area (Å²) in [5.41, 5.74) is 3.22. The lowest BCUT2D eigenvalue weighted by molar-refractivity contribution is -0.138. The fraction of sp³-hybridized carbons (Fsp3) is 0.532. The smallest absolute Gasteiger partial charge is 0.255 e. The number of fused-ring (bicyclic) bond motifs is 1. The van der Waals surface area contributed by atoms with Crippen molar-refractivity contribution in [2.24, 2.45) is 17.3 Å². The number of nitrogens with zero attached hydrogens (tertiary/aromatic N) is 6. The zero-order chi connectivity index (χ0) is 43.4. The second-order valence-electron chi connectivity index (χ2n) is 18.7. The number of methoxy groups -OCH3 is 1. The highest BCUT2D eigenvalue weighted by atomic mass is 35.5. The summed E-state index contributed by atoms with van der Waals surface area (Å²) in [6.45, 7) is 13.9. The molecule has 0 unspecified atom stereocenters. The van der Waals surface area contributed by atoms with Crippen LogP contribution in [0.5, 0.6) is 11.5 Å². The molecule has 0 radical (unpaired) electrons. The number of carbonyl (C=O) groups excluding carboxylic acids is 4. The molecule has 0 spiro atoms. The summed E-state index contributed by atoms with van der Waals surface area (Å²) in [7, 11) is 1.56. The Balaban J connectivity index is 0.727. The number of phenolic OH excluding ortho intramolecular Hbond substituents is 1. The summed E-state index contributed by atoms with van der Waals surface area (Å²) in [6.07, 6.45) is 4.82. The number of hydrogen-bond donors (Lipinski definition) is 2. The average molecular weight is 870 g/mol. The Morgan fingerprint density at radius 1 is 0.806 bits per heavy atom. The number of ether oxygens (including phenoxy) is 1. The summed E-state index contributed by atoms with van der Waals surface area (Å²) in [5.74, 6) is 0.279. The third-order valence-electron chi connectivity index (χ3n) is 14.4. The highest BCUT2D eigenvalue weighted by Crippen LogP contribution is 2.56. The lowest BCUT2D eigenvalue weighted by Crippen LogP contribution is -2.61. The molecule has 2 N–H and O–H groups in total.